The molecule has 0 bridgehead atoms. The Morgan fingerprint density at radius 1 is 1.05 bits per heavy atom. The lowest BCUT2D eigenvalue weighted by Crippen LogP contribution is -2.23. The van der Waals surface area contributed by atoms with Crippen LogP contribution in [0.15, 0.2) is 36.4 Å². The first-order valence-electron chi connectivity index (χ1n) is 6.80. The van der Waals surface area contributed by atoms with Gasteiger partial charge < -0.3 is 4.74 Å². The zero-order valence-corrected chi connectivity index (χ0v) is 11.6. The number of carbonyl (C=O) groups is 1. The number of ether oxygens (including phenoxy) is 1. The van der Waals surface area contributed by atoms with E-state index in [1.807, 2.05) is 24.3 Å². The van der Waals surface area contributed by atoms with Crippen molar-refractivity contribution in [2.45, 2.75) is 24.8 Å². The molecule has 1 atom stereocenters. The smallest absolute Gasteiger partial charge is 0.180 e. The number of para-hydroxylation sites is 1. The van der Waals surface area contributed by atoms with E-state index in [2.05, 4.69) is 12.1 Å². The molecule has 2 aromatic rings. The second-order valence-electron chi connectivity index (χ2n) is 5.32. The number of rotatable bonds is 0. The van der Waals surface area contributed by atoms with E-state index < -0.39 is 0 Å². The third-order valence-corrected chi connectivity index (χ3v) is 4.52. The molecule has 1 aliphatic carbocycles. The molecule has 1 aliphatic heterocycles. The molecule has 2 aliphatic rings. The molecule has 0 amide bonds. The number of ketones is 1. The molecule has 1 heterocycles. The number of hydrogen-bond acceptors (Lipinski definition) is 2. The van der Waals surface area contributed by atoms with Gasteiger partial charge in [0, 0.05) is 11.1 Å². The largest absolute Gasteiger partial charge is 0.488 e. The molecule has 0 saturated heterocycles. The average Bonchev–Trinajstić information content (AvgIpc) is 2.50. The lowest BCUT2D eigenvalue weighted by Gasteiger charge is -2.25. The lowest BCUT2D eigenvalue weighted by molar-refractivity contribution is 0.0976. The highest BCUT2D eigenvalue weighted by Gasteiger charge is 2.28. The Labute approximate surface area is 122 Å². The van der Waals surface area contributed by atoms with Gasteiger partial charge in [0.15, 0.2) is 5.78 Å². The van der Waals surface area contributed by atoms with Gasteiger partial charge in [-0.25, -0.2) is 0 Å². The van der Waals surface area contributed by atoms with Crippen LogP contribution in [-0.4, -0.2) is 11.2 Å². The Balaban J connectivity index is 1.92. The summed E-state index contributed by atoms with van der Waals surface area (Å²) < 4.78 is 5.76. The summed E-state index contributed by atoms with van der Waals surface area (Å²) in [5.41, 5.74) is 5.25. The van der Waals surface area contributed by atoms with Gasteiger partial charge in [0.1, 0.15) is 12.4 Å². The third kappa shape index (κ3) is 1.68. The third-order valence-electron chi connectivity index (χ3n) is 4.11. The van der Waals surface area contributed by atoms with Crippen molar-refractivity contribution in [1.29, 1.82) is 0 Å². The van der Waals surface area contributed by atoms with Crippen LogP contribution in [0.3, 0.4) is 0 Å². The minimum atomic E-state index is -0.377. The molecule has 100 valence electrons. The Bertz CT molecular complexity index is 721. The van der Waals surface area contributed by atoms with Crippen LogP contribution in [0.4, 0.5) is 0 Å². The molecule has 2 nitrogen and oxygen atoms in total. The summed E-state index contributed by atoms with van der Waals surface area (Å²) in [6.07, 6.45) is 1.59. The van der Waals surface area contributed by atoms with Gasteiger partial charge in [-0.05, 0) is 47.7 Å². The molecule has 3 heteroatoms. The number of aryl methyl sites for hydroxylation is 1. The molecule has 0 N–H and O–H groups in total. The molecule has 0 aromatic heterocycles. The number of benzene rings is 2. The molecule has 0 spiro atoms. The average molecular weight is 285 g/mol. The van der Waals surface area contributed by atoms with Crippen LogP contribution in [0.2, 0.25) is 0 Å². The summed E-state index contributed by atoms with van der Waals surface area (Å²) in [4.78, 5) is 12.2. The minimum Gasteiger partial charge on any atom is -0.488 e. The van der Waals surface area contributed by atoms with Gasteiger partial charge in [-0.15, -0.1) is 11.6 Å². The van der Waals surface area contributed by atoms with Crippen LogP contribution in [0.1, 0.15) is 27.9 Å². The van der Waals surface area contributed by atoms with Gasteiger partial charge in [0.2, 0.25) is 0 Å². The maximum absolute atomic E-state index is 12.2. The van der Waals surface area contributed by atoms with E-state index in [1.54, 1.807) is 0 Å². The Kier molecular flexibility index (Phi) is 2.61. The Morgan fingerprint density at radius 3 is 2.75 bits per heavy atom. The van der Waals surface area contributed by atoms with Gasteiger partial charge in [-0.3, -0.25) is 4.79 Å². The monoisotopic (exact) mass is 284 g/mol. The number of carbonyl (C=O) groups excluding carboxylic acids is 1. The van der Waals surface area contributed by atoms with Crippen LogP contribution < -0.4 is 4.74 Å². The first-order valence-corrected chi connectivity index (χ1v) is 7.24. The van der Waals surface area contributed by atoms with Crippen LogP contribution in [-0.2, 0) is 13.0 Å². The summed E-state index contributed by atoms with van der Waals surface area (Å²) in [6, 6.07) is 12.1. The van der Waals surface area contributed by atoms with Gasteiger partial charge in [-0.2, -0.15) is 0 Å². The number of Topliss-reactive ketones (excluding diaryl/α,β-unsaturated/α-hetero) is 1. The van der Waals surface area contributed by atoms with E-state index in [1.165, 1.54) is 5.56 Å². The normalized spacial score (nSPS) is 19.6. The molecule has 2 aromatic carbocycles. The van der Waals surface area contributed by atoms with Crippen molar-refractivity contribution in [3.63, 3.8) is 0 Å². The molecular formula is C17H13ClO2. The van der Waals surface area contributed by atoms with E-state index in [-0.39, 0.29) is 11.2 Å². The fraction of sp³-hybridized carbons (Fsp3) is 0.235. The number of hydrogen-bond donors (Lipinski definition) is 0. The fourth-order valence-corrected chi connectivity index (χ4v) is 3.27. The number of halogens is 1. The van der Waals surface area contributed by atoms with Gasteiger partial charge in [-0.1, -0.05) is 18.2 Å². The molecule has 0 radical (unpaired) electrons. The standard InChI is InChI=1S/C17H13ClO2/c18-15-6-5-10-7-13-11(8-14(10)17(15)19)9-20-16-4-2-1-3-12(13)16/h1-4,7-8,15H,5-6,9H2. The highest BCUT2D eigenvalue weighted by molar-refractivity contribution is 6.34. The van der Waals surface area contributed by atoms with Gasteiger partial charge in [0.25, 0.3) is 0 Å². The SMILES string of the molecule is O=C1c2cc3c(cc2CCC1Cl)-c1ccccc1OC3. The summed E-state index contributed by atoms with van der Waals surface area (Å²) in [5.74, 6) is 0.965. The van der Waals surface area contributed by atoms with Crippen LogP contribution in [0.5, 0.6) is 5.75 Å². The zero-order chi connectivity index (χ0) is 13.7. The van der Waals surface area contributed by atoms with Crippen LogP contribution >= 0.6 is 11.6 Å². The summed E-state index contributed by atoms with van der Waals surface area (Å²) in [7, 11) is 0. The fourth-order valence-electron chi connectivity index (χ4n) is 3.05. The maximum atomic E-state index is 12.2. The first-order chi connectivity index (χ1) is 9.74. The lowest BCUT2D eigenvalue weighted by atomic mass is 9.85. The van der Waals surface area contributed by atoms with Crippen LogP contribution in [0.25, 0.3) is 11.1 Å². The van der Waals surface area contributed by atoms with Crippen molar-refractivity contribution in [3.05, 3.63) is 53.1 Å². The predicted molar refractivity (Wildman–Crippen MR) is 78.5 cm³/mol. The van der Waals surface area contributed by atoms with Crippen molar-refractivity contribution in [2.75, 3.05) is 0 Å². The zero-order valence-electron chi connectivity index (χ0n) is 10.9. The molecule has 1 unspecified atom stereocenters. The molecular weight excluding hydrogens is 272 g/mol. The topological polar surface area (TPSA) is 26.3 Å². The van der Waals surface area contributed by atoms with Crippen molar-refractivity contribution in [3.8, 4) is 16.9 Å². The van der Waals surface area contributed by atoms with E-state index >= 15 is 0 Å². The highest BCUT2D eigenvalue weighted by Crippen LogP contribution is 2.40. The first kappa shape index (κ1) is 12.0. The van der Waals surface area contributed by atoms with Gasteiger partial charge in [0.05, 0.1) is 5.38 Å². The molecule has 0 fully saturated rings. The van der Waals surface area contributed by atoms with E-state index in [0.29, 0.717) is 6.61 Å². The summed E-state index contributed by atoms with van der Waals surface area (Å²) >= 11 is 6.08. The summed E-state index contributed by atoms with van der Waals surface area (Å²) in [5, 5.41) is -0.377. The van der Waals surface area contributed by atoms with Crippen molar-refractivity contribution in [1.82, 2.24) is 0 Å². The van der Waals surface area contributed by atoms with Gasteiger partial charge >= 0.3 is 0 Å². The molecule has 20 heavy (non-hydrogen) atoms. The molecule has 4 rings (SSSR count). The second-order valence-corrected chi connectivity index (χ2v) is 5.85. The number of fused-ring (bicyclic) bond motifs is 4. The maximum Gasteiger partial charge on any atom is 0.180 e. The van der Waals surface area contributed by atoms with E-state index in [9.17, 15) is 4.79 Å². The van der Waals surface area contributed by atoms with E-state index in [4.69, 9.17) is 16.3 Å². The quantitative estimate of drug-likeness (QED) is 0.684. The van der Waals surface area contributed by atoms with Crippen molar-refractivity contribution < 1.29 is 9.53 Å². The summed E-state index contributed by atoms with van der Waals surface area (Å²) in [6.45, 7) is 0.514. The Hall–Kier alpha value is -1.80. The van der Waals surface area contributed by atoms with Crippen molar-refractivity contribution in [2.24, 2.45) is 0 Å². The molecule has 0 saturated carbocycles. The van der Waals surface area contributed by atoms with E-state index in [0.717, 1.165) is 40.8 Å². The highest BCUT2D eigenvalue weighted by atomic mass is 35.5. The number of alkyl halides is 1. The Morgan fingerprint density at radius 2 is 1.85 bits per heavy atom. The minimum absolute atomic E-state index is 0.0505. The predicted octanol–water partition coefficient (Wildman–Crippen LogP) is 3.98. The van der Waals surface area contributed by atoms with Crippen LogP contribution in [0, 0.1) is 0 Å². The second kappa shape index (κ2) is 4.35. The van der Waals surface area contributed by atoms with Crippen molar-refractivity contribution >= 4 is 17.4 Å².